The zero-order chi connectivity index (χ0) is 16.1. The Balaban J connectivity index is 1.84. The molecule has 3 rings (SSSR count). The summed E-state index contributed by atoms with van der Waals surface area (Å²) >= 11 is 0. The van der Waals surface area contributed by atoms with Crippen LogP contribution in [0.5, 0.6) is 0 Å². The molecule has 1 unspecified atom stereocenters. The van der Waals surface area contributed by atoms with Crippen molar-refractivity contribution in [1.82, 2.24) is 24.8 Å². The third kappa shape index (κ3) is 4.00. The van der Waals surface area contributed by atoms with E-state index in [9.17, 15) is 5.11 Å². The quantitative estimate of drug-likeness (QED) is 0.870. The second-order valence-electron chi connectivity index (χ2n) is 5.69. The molecule has 0 radical (unpaired) electrons. The molecule has 0 saturated carbocycles. The summed E-state index contributed by atoms with van der Waals surface area (Å²) in [6.45, 7) is 3.74. The Morgan fingerprint density at radius 2 is 2.09 bits per heavy atom. The molecule has 0 amide bonds. The third-order valence-corrected chi connectivity index (χ3v) is 4.01. The molecule has 1 saturated heterocycles. The van der Waals surface area contributed by atoms with Crippen molar-refractivity contribution in [2.24, 2.45) is 0 Å². The molecular weight excluding hydrogens is 292 g/mol. The molecular formula is C16H22N6O. The highest BCUT2D eigenvalue weighted by Gasteiger charge is 2.25. The second kappa shape index (κ2) is 7.43. The van der Waals surface area contributed by atoms with Crippen molar-refractivity contribution < 1.29 is 5.11 Å². The van der Waals surface area contributed by atoms with Crippen LogP contribution in [0.4, 0.5) is 11.8 Å². The first-order valence-corrected chi connectivity index (χ1v) is 8.01. The molecule has 1 atom stereocenters. The van der Waals surface area contributed by atoms with E-state index in [1.54, 1.807) is 18.5 Å². The largest absolute Gasteiger partial charge is 0.395 e. The van der Waals surface area contributed by atoms with Gasteiger partial charge in [0.2, 0.25) is 5.95 Å². The van der Waals surface area contributed by atoms with E-state index in [0.717, 1.165) is 24.5 Å². The van der Waals surface area contributed by atoms with Gasteiger partial charge < -0.3 is 10.4 Å². The monoisotopic (exact) mass is 314 g/mol. The number of aromatic nitrogens is 4. The maximum Gasteiger partial charge on any atom is 0.228 e. The lowest BCUT2D eigenvalue weighted by Gasteiger charge is -2.35. The van der Waals surface area contributed by atoms with Crippen LogP contribution in [0.15, 0.2) is 24.5 Å². The number of rotatable bonds is 5. The van der Waals surface area contributed by atoms with Gasteiger partial charge in [0, 0.05) is 25.0 Å². The molecule has 2 N–H and O–H groups in total. The van der Waals surface area contributed by atoms with Gasteiger partial charge in [-0.15, -0.1) is 0 Å². The fraction of sp³-hybridized carbons (Fsp3) is 0.500. The van der Waals surface area contributed by atoms with E-state index < -0.39 is 0 Å². The summed E-state index contributed by atoms with van der Waals surface area (Å²) in [5.41, 5.74) is 0.990. The summed E-state index contributed by atoms with van der Waals surface area (Å²) in [5, 5.41) is 12.4. The normalized spacial score (nSPS) is 18.8. The van der Waals surface area contributed by atoms with Gasteiger partial charge in [0.1, 0.15) is 11.6 Å². The highest BCUT2D eigenvalue weighted by Crippen LogP contribution is 2.30. The average Bonchev–Trinajstić information content (AvgIpc) is 2.56. The molecule has 2 aromatic heterocycles. The maximum absolute atomic E-state index is 9.28. The van der Waals surface area contributed by atoms with Crippen LogP contribution in [0.25, 0.3) is 0 Å². The van der Waals surface area contributed by atoms with Gasteiger partial charge in [-0.25, -0.2) is 19.9 Å². The average molecular weight is 314 g/mol. The van der Waals surface area contributed by atoms with E-state index in [-0.39, 0.29) is 12.6 Å². The smallest absolute Gasteiger partial charge is 0.228 e. The van der Waals surface area contributed by atoms with E-state index in [1.165, 1.54) is 12.8 Å². The van der Waals surface area contributed by atoms with E-state index in [1.807, 2.05) is 13.0 Å². The fourth-order valence-corrected chi connectivity index (χ4v) is 3.03. The summed E-state index contributed by atoms with van der Waals surface area (Å²) < 4.78 is 0. The number of aryl methyl sites for hydroxylation is 1. The number of hydrogen-bond acceptors (Lipinski definition) is 7. The Morgan fingerprint density at radius 3 is 2.87 bits per heavy atom. The molecule has 122 valence electrons. The number of aliphatic hydroxyl groups excluding tert-OH is 1. The lowest BCUT2D eigenvalue weighted by molar-refractivity contribution is 0.114. The van der Waals surface area contributed by atoms with E-state index in [4.69, 9.17) is 0 Å². The molecule has 1 aliphatic heterocycles. The predicted octanol–water partition coefficient (Wildman–Crippen LogP) is 1.84. The zero-order valence-corrected chi connectivity index (χ0v) is 13.3. The van der Waals surface area contributed by atoms with Gasteiger partial charge in [-0.3, -0.25) is 4.90 Å². The topological polar surface area (TPSA) is 87.1 Å². The predicted molar refractivity (Wildman–Crippen MR) is 87.3 cm³/mol. The van der Waals surface area contributed by atoms with Crippen LogP contribution < -0.4 is 5.32 Å². The minimum Gasteiger partial charge on any atom is -0.395 e. The number of nitrogens with one attached hydrogen (secondary N) is 1. The van der Waals surface area contributed by atoms with Gasteiger partial charge in [-0.05, 0) is 32.4 Å². The van der Waals surface area contributed by atoms with Crippen LogP contribution in [0.1, 0.15) is 36.8 Å². The number of nitrogens with zero attached hydrogens (tertiary/aromatic N) is 5. The minimum atomic E-state index is 0.170. The number of likely N-dealkylation sites (tertiary alicyclic amines) is 1. The molecule has 3 heterocycles. The highest BCUT2D eigenvalue weighted by molar-refractivity contribution is 5.48. The van der Waals surface area contributed by atoms with Gasteiger partial charge in [-0.2, -0.15) is 0 Å². The first-order chi connectivity index (χ1) is 11.3. The lowest BCUT2D eigenvalue weighted by Crippen LogP contribution is -2.36. The molecule has 7 nitrogen and oxygen atoms in total. The number of aliphatic hydroxyl groups is 1. The SMILES string of the molecule is Cc1nc(Nc2ncccn2)cc(C2CCCCN2CCO)n1. The minimum absolute atomic E-state index is 0.170. The van der Waals surface area contributed by atoms with Crippen LogP contribution in [-0.2, 0) is 0 Å². The van der Waals surface area contributed by atoms with Gasteiger partial charge in [-0.1, -0.05) is 6.42 Å². The van der Waals surface area contributed by atoms with Crippen LogP contribution in [0, 0.1) is 6.92 Å². The van der Waals surface area contributed by atoms with Crippen molar-refractivity contribution in [1.29, 1.82) is 0 Å². The van der Waals surface area contributed by atoms with Crippen molar-refractivity contribution in [3.05, 3.63) is 36.0 Å². The standard InChI is InChI=1S/C16H22N6O/c1-12-19-13(14-5-2-3-8-22(14)9-10-23)11-15(20-12)21-16-17-6-4-7-18-16/h4,6-7,11,14,23H,2-3,5,8-10H2,1H3,(H,17,18,19,20,21). The Labute approximate surface area is 135 Å². The molecule has 0 aliphatic carbocycles. The summed E-state index contributed by atoms with van der Waals surface area (Å²) in [6, 6.07) is 3.97. The molecule has 23 heavy (non-hydrogen) atoms. The summed E-state index contributed by atoms with van der Waals surface area (Å²) in [5.74, 6) is 1.94. The number of anilines is 2. The van der Waals surface area contributed by atoms with E-state index in [0.29, 0.717) is 18.3 Å². The Hall–Kier alpha value is -2.12. The molecule has 0 spiro atoms. The summed E-state index contributed by atoms with van der Waals surface area (Å²) in [4.78, 5) is 19.7. The number of piperidine rings is 1. The zero-order valence-electron chi connectivity index (χ0n) is 13.3. The Kier molecular flexibility index (Phi) is 5.09. The number of hydrogen-bond donors (Lipinski definition) is 2. The third-order valence-electron chi connectivity index (χ3n) is 4.01. The van der Waals surface area contributed by atoms with Crippen LogP contribution in [0.3, 0.4) is 0 Å². The second-order valence-corrected chi connectivity index (χ2v) is 5.69. The molecule has 0 aromatic carbocycles. The Morgan fingerprint density at radius 1 is 1.26 bits per heavy atom. The lowest BCUT2D eigenvalue weighted by atomic mass is 9.99. The molecule has 1 aliphatic rings. The molecule has 0 bridgehead atoms. The van der Waals surface area contributed by atoms with E-state index in [2.05, 4.69) is 30.2 Å². The van der Waals surface area contributed by atoms with Gasteiger partial charge in [0.05, 0.1) is 18.3 Å². The van der Waals surface area contributed by atoms with Crippen LogP contribution >= 0.6 is 0 Å². The first kappa shape index (κ1) is 15.8. The van der Waals surface area contributed by atoms with Crippen molar-refractivity contribution in [2.75, 3.05) is 25.0 Å². The Bertz CT molecular complexity index is 634. The maximum atomic E-state index is 9.28. The van der Waals surface area contributed by atoms with Crippen LogP contribution in [0.2, 0.25) is 0 Å². The highest BCUT2D eigenvalue weighted by atomic mass is 16.3. The van der Waals surface area contributed by atoms with E-state index >= 15 is 0 Å². The number of β-amino-alcohol motifs (C(OH)–C–C–N with tert-alkyl or cyclic N) is 1. The van der Waals surface area contributed by atoms with Gasteiger partial charge in [0.25, 0.3) is 0 Å². The summed E-state index contributed by atoms with van der Waals surface area (Å²) in [7, 11) is 0. The molecule has 1 fully saturated rings. The van der Waals surface area contributed by atoms with Crippen molar-refractivity contribution in [2.45, 2.75) is 32.2 Å². The fourth-order valence-electron chi connectivity index (χ4n) is 3.03. The van der Waals surface area contributed by atoms with Gasteiger partial charge >= 0.3 is 0 Å². The molecule has 7 heteroatoms. The van der Waals surface area contributed by atoms with Gasteiger partial charge in [0.15, 0.2) is 0 Å². The molecule has 2 aromatic rings. The van der Waals surface area contributed by atoms with Crippen LogP contribution in [-0.4, -0.2) is 49.6 Å². The van der Waals surface area contributed by atoms with Crippen molar-refractivity contribution >= 4 is 11.8 Å². The van der Waals surface area contributed by atoms with Crippen molar-refractivity contribution in [3.63, 3.8) is 0 Å². The van der Waals surface area contributed by atoms with Crippen molar-refractivity contribution in [3.8, 4) is 0 Å². The first-order valence-electron chi connectivity index (χ1n) is 8.01. The summed E-state index contributed by atoms with van der Waals surface area (Å²) in [6.07, 6.45) is 6.78.